The maximum Gasteiger partial charge on any atom is 0.185 e. The molecule has 20 heavy (non-hydrogen) atoms. The van der Waals surface area contributed by atoms with E-state index in [2.05, 4.69) is 13.0 Å². The van der Waals surface area contributed by atoms with Crippen LogP contribution in [-0.2, 0) is 0 Å². The molecule has 0 unspecified atom stereocenters. The highest BCUT2D eigenvalue weighted by Crippen LogP contribution is 2.18. The number of benzene rings is 2. The van der Waals surface area contributed by atoms with Gasteiger partial charge >= 0.3 is 0 Å². The van der Waals surface area contributed by atoms with Crippen LogP contribution in [0.5, 0.6) is 0 Å². The number of aryl methyl sites for hydroxylation is 1. The van der Waals surface area contributed by atoms with E-state index in [4.69, 9.17) is 0 Å². The topological polar surface area (TPSA) is 17.1 Å². The van der Waals surface area contributed by atoms with E-state index in [1.165, 1.54) is 4.88 Å². The van der Waals surface area contributed by atoms with Crippen LogP contribution in [0.3, 0.4) is 0 Å². The SMILES string of the molecule is Cc1ccc(/C=C/C(=O)c2ccc3ccccc3c2)s1. The van der Waals surface area contributed by atoms with Gasteiger partial charge in [0.1, 0.15) is 0 Å². The number of ketones is 1. The molecule has 0 spiro atoms. The van der Waals surface area contributed by atoms with E-state index in [0.717, 1.165) is 21.2 Å². The smallest absolute Gasteiger partial charge is 0.185 e. The van der Waals surface area contributed by atoms with Gasteiger partial charge in [-0.1, -0.05) is 36.4 Å². The molecule has 0 aliphatic carbocycles. The van der Waals surface area contributed by atoms with E-state index < -0.39 is 0 Å². The molecule has 3 aromatic rings. The zero-order chi connectivity index (χ0) is 13.9. The summed E-state index contributed by atoms with van der Waals surface area (Å²) in [6.45, 7) is 2.06. The summed E-state index contributed by atoms with van der Waals surface area (Å²) in [5.74, 6) is 0.0433. The summed E-state index contributed by atoms with van der Waals surface area (Å²) in [5, 5.41) is 2.25. The third-order valence-corrected chi connectivity index (χ3v) is 4.16. The third kappa shape index (κ3) is 2.70. The molecule has 0 saturated heterocycles. The summed E-state index contributed by atoms with van der Waals surface area (Å²) in [4.78, 5) is 14.5. The highest BCUT2D eigenvalue weighted by Gasteiger charge is 2.03. The van der Waals surface area contributed by atoms with E-state index in [-0.39, 0.29) is 5.78 Å². The van der Waals surface area contributed by atoms with Crippen molar-refractivity contribution in [2.75, 3.05) is 0 Å². The Morgan fingerprint density at radius 2 is 1.80 bits per heavy atom. The molecule has 1 nitrogen and oxygen atoms in total. The van der Waals surface area contributed by atoms with Crippen molar-refractivity contribution < 1.29 is 4.79 Å². The Balaban J connectivity index is 1.86. The molecule has 3 rings (SSSR count). The molecule has 0 aliphatic rings. The largest absolute Gasteiger partial charge is 0.289 e. The minimum atomic E-state index is 0.0433. The summed E-state index contributed by atoms with van der Waals surface area (Å²) in [6, 6.07) is 18.0. The van der Waals surface area contributed by atoms with Gasteiger partial charge in [-0.25, -0.2) is 0 Å². The molecule has 0 aliphatic heterocycles. The minimum Gasteiger partial charge on any atom is -0.289 e. The van der Waals surface area contributed by atoms with E-state index in [9.17, 15) is 4.79 Å². The monoisotopic (exact) mass is 278 g/mol. The number of rotatable bonds is 3. The molecule has 0 saturated carbocycles. The maximum absolute atomic E-state index is 12.2. The van der Waals surface area contributed by atoms with Crippen LogP contribution in [0.4, 0.5) is 0 Å². The lowest BCUT2D eigenvalue weighted by Gasteiger charge is -2.00. The van der Waals surface area contributed by atoms with Crippen LogP contribution < -0.4 is 0 Å². The molecule has 0 amide bonds. The van der Waals surface area contributed by atoms with Crippen LogP contribution in [-0.4, -0.2) is 5.78 Å². The average Bonchev–Trinajstić information content (AvgIpc) is 2.90. The summed E-state index contributed by atoms with van der Waals surface area (Å²) in [5.41, 5.74) is 0.730. The molecule has 0 bridgehead atoms. The quantitative estimate of drug-likeness (QED) is 0.481. The first-order valence-corrected chi connectivity index (χ1v) is 7.32. The molecule has 0 N–H and O–H groups in total. The number of allylic oxidation sites excluding steroid dienone is 1. The van der Waals surface area contributed by atoms with Gasteiger partial charge in [-0.15, -0.1) is 11.3 Å². The van der Waals surface area contributed by atoms with Crippen LogP contribution in [0.1, 0.15) is 20.1 Å². The molecule has 2 aromatic carbocycles. The molecular weight excluding hydrogens is 264 g/mol. The van der Waals surface area contributed by atoms with Gasteiger partial charge in [0.15, 0.2) is 5.78 Å². The molecule has 0 atom stereocenters. The van der Waals surface area contributed by atoms with Crippen LogP contribution in [0.25, 0.3) is 16.8 Å². The van der Waals surface area contributed by atoms with Crippen molar-refractivity contribution in [3.05, 3.63) is 76.0 Å². The standard InChI is InChI=1S/C18H14OS/c1-13-6-9-17(20-13)10-11-18(19)16-8-7-14-4-2-3-5-15(14)12-16/h2-12H,1H3/b11-10+. The maximum atomic E-state index is 12.2. The molecule has 1 aromatic heterocycles. The van der Waals surface area contributed by atoms with E-state index >= 15 is 0 Å². The van der Waals surface area contributed by atoms with Gasteiger partial charge < -0.3 is 0 Å². The van der Waals surface area contributed by atoms with Gasteiger partial charge in [0.2, 0.25) is 0 Å². The predicted molar refractivity (Wildman–Crippen MR) is 86.4 cm³/mol. The zero-order valence-corrected chi connectivity index (χ0v) is 12.0. The number of fused-ring (bicyclic) bond motifs is 1. The Morgan fingerprint density at radius 3 is 2.55 bits per heavy atom. The fourth-order valence-corrected chi connectivity index (χ4v) is 2.92. The number of thiophene rings is 1. The van der Waals surface area contributed by atoms with Crippen molar-refractivity contribution in [3.63, 3.8) is 0 Å². The second kappa shape index (κ2) is 5.43. The fraction of sp³-hybridized carbons (Fsp3) is 0.0556. The van der Waals surface area contributed by atoms with Gasteiger partial charge in [-0.05, 0) is 48.0 Å². The summed E-state index contributed by atoms with van der Waals surface area (Å²) < 4.78 is 0. The first-order valence-electron chi connectivity index (χ1n) is 6.50. The Morgan fingerprint density at radius 1 is 1.00 bits per heavy atom. The second-order valence-corrected chi connectivity index (χ2v) is 6.03. The average molecular weight is 278 g/mol. The van der Waals surface area contributed by atoms with E-state index in [1.54, 1.807) is 17.4 Å². The van der Waals surface area contributed by atoms with Gasteiger partial charge in [-0.3, -0.25) is 4.79 Å². The minimum absolute atomic E-state index is 0.0433. The lowest BCUT2D eigenvalue weighted by Crippen LogP contribution is -1.93. The van der Waals surface area contributed by atoms with Gasteiger partial charge in [0.25, 0.3) is 0 Å². The lowest BCUT2D eigenvalue weighted by atomic mass is 10.0. The van der Waals surface area contributed by atoms with Crippen molar-refractivity contribution in [1.82, 2.24) is 0 Å². The summed E-state index contributed by atoms with van der Waals surface area (Å²) in [7, 11) is 0. The van der Waals surface area contributed by atoms with Gasteiger partial charge in [-0.2, -0.15) is 0 Å². The summed E-state index contributed by atoms with van der Waals surface area (Å²) >= 11 is 1.69. The number of carbonyl (C=O) groups is 1. The second-order valence-electron chi connectivity index (χ2n) is 4.71. The Labute approximate surface area is 122 Å². The molecular formula is C18H14OS. The van der Waals surface area contributed by atoms with Crippen LogP contribution in [0.2, 0.25) is 0 Å². The van der Waals surface area contributed by atoms with Crippen LogP contribution >= 0.6 is 11.3 Å². The highest BCUT2D eigenvalue weighted by atomic mass is 32.1. The fourth-order valence-electron chi connectivity index (χ4n) is 2.14. The van der Waals surface area contributed by atoms with Crippen molar-refractivity contribution >= 4 is 34.0 Å². The zero-order valence-electron chi connectivity index (χ0n) is 11.2. The first-order chi connectivity index (χ1) is 9.72. The molecule has 2 heteroatoms. The van der Waals surface area contributed by atoms with E-state index in [0.29, 0.717) is 0 Å². The van der Waals surface area contributed by atoms with Crippen molar-refractivity contribution in [2.45, 2.75) is 6.92 Å². The molecule has 0 fully saturated rings. The van der Waals surface area contributed by atoms with Crippen LogP contribution in [0.15, 0.2) is 60.7 Å². The lowest BCUT2D eigenvalue weighted by molar-refractivity contribution is 0.104. The van der Waals surface area contributed by atoms with Crippen molar-refractivity contribution in [1.29, 1.82) is 0 Å². The van der Waals surface area contributed by atoms with Gasteiger partial charge in [0, 0.05) is 15.3 Å². The molecule has 1 heterocycles. The van der Waals surface area contributed by atoms with E-state index in [1.807, 2.05) is 54.6 Å². The molecule has 98 valence electrons. The predicted octanol–water partition coefficient (Wildman–Crippen LogP) is 5.11. The van der Waals surface area contributed by atoms with Crippen LogP contribution in [0, 0.1) is 6.92 Å². The Kier molecular flexibility index (Phi) is 3.48. The van der Waals surface area contributed by atoms with Crippen molar-refractivity contribution in [3.8, 4) is 0 Å². The highest BCUT2D eigenvalue weighted by molar-refractivity contribution is 7.12. The van der Waals surface area contributed by atoms with Crippen molar-refractivity contribution in [2.24, 2.45) is 0 Å². The number of hydrogen-bond donors (Lipinski definition) is 0. The normalized spacial score (nSPS) is 11.2. The summed E-state index contributed by atoms with van der Waals surface area (Å²) in [6.07, 6.45) is 3.53. The van der Waals surface area contributed by atoms with Gasteiger partial charge in [0.05, 0.1) is 0 Å². The Bertz CT molecular complexity index is 796. The Hall–Kier alpha value is -2.19. The number of hydrogen-bond acceptors (Lipinski definition) is 2. The first kappa shape index (κ1) is 12.8. The number of carbonyl (C=O) groups excluding carboxylic acids is 1. The third-order valence-electron chi connectivity index (χ3n) is 3.19. The molecule has 0 radical (unpaired) electrons.